The predicted octanol–water partition coefficient (Wildman–Crippen LogP) is 3.58. The second-order valence-electron chi connectivity index (χ2n) is 2.99. The van der Waals surface area contributed by atoms with Crippen LogP contribution in [0.4, 0.5) is 0 Å². The molecule has 0 radical (unpaired) electrons. The topological polar surface area (TPSA) is 35.2 Å². The highest BCUT2D eigenvalue weighted by Gasteiger charge is 2.19. The second kappa shape index (κ2) is 4.35. The fourth-order valence-electron chi connectivity index (χ4n) is 1.31. The highest BCUT2D eigenvalue weighted by molar-refractivity contribution is 9.13. The van der Waals surface area contributed by atoms with Crippen LogP contribution < -0.4 is 5.73 Å². The van der Waals surface area contributed by atoms with E-state index < -0.39 is 0 Å². The Morgan fingerprint density at radius 2 is 2.29 bits per heavy atom. The Morgan fingerprint density at radius 1 is 1.50 bits per heavy atom. The third-order valence-corrected chi connectivity index (χ3v) is 5.35. The van der Waals surface area contributed by atoms with E-state index in [4.69, 9.17) is 10.5 Å². The van der Waals surface area contributed by atoms with Crippen molar-refractivity contribution in [3.63, 3.8) is 0 Å². The second-order valence-corrected chi connectivity index (χ2v) is 6.25. The Morgan fingerprint density at radius 3 is 2.79 bits per heavy atom. The maximum absolute atomic E-state index is 6.06. The largest absolute Gasteiger partial charge is 0.496 e. The van der Waals surface area contributed by atoms with Gasteiger partial charge in [-0.25, -0.2) is 0 Å². The molecule has 0 fully saturated rings. The van der Waals surface area contributed by atoms with Crippen LogP contribution in [0.3, 0.4) is 0 Å². The zero-order chi connectivity index (χ0) is 10.1. The van der Waals surface area contributed by atoms with E-state index in [0.29, 0.717) is 0 Å². The zero-order valence-electron chi connectivity index (χ0n) is 7.30. The number of hydrogen-bond acceptors (Lipinski definition) is 3. The molecule has 0 saturated carbocycles. The van der Waals surface area contributed by atoms with Crippen LogP contribution in [0.15, 0.2) is 26.2 Å². The third kappa shape index (κ3) is 2.05. The van der Waals surface area contributed by atoms with Crippen LogP contribution in [0.5, 0.6) is 0 Å². The molecule has 14 heavy (non-hydrogen) atoms. The maximum atomic E-state index is 6.06. The van der Waals surface area contributed by atoms with Crippen molar-refractivity contribution in [3.8, 4) is 0 Å². The van der Waals surface area contributed by atoms with Crippen molar-refractivity contribution in [1.82, 2.24) is 0 Å². The molecule has 2 nitrogen and oxygen atoms in total. The summed E-state index contributed by atoms with van der Waals surface area (Å²) in [6, 6.07) is 1.91. The first-order valence-corrected chi connectivity index (χ1v) is 6.62. The van der Waals surface area contributed by atoms with Crippen LogP contribution in [0.1, 0.15) is 17.3 Å². The quantitative estimate of drug-likeness (QED) is 0.894. The molecule has 0 spiro atoms. The molecule has 2 heterocycles. The summed E-state index contributed by atoms with van der Waals surface area (Å²) in [5.41, 5.74) is 6.06. The first-order valence-electron chi connectivity index (χ1n) is 4.21. The van der Waals surface area contributed by atoms with Crippen LogP contribution in [-0.2, 0) is 4.74 Å². The summed E-state index contributed by atoms with van der Waals surface area (Å²) in [7, 11) is 0. The van der Waals surface area contributed by atoms with Gasteiger partial charge in [-0.2, -0.15) is 0 Å². The van der Waals surface area contributed by atoms with Crippen molar-refractivity contribution in [1.29, 1.82) is 0 Å². The summed E-state index contributed by atoms with van der Waals surface area (Å²) in [4.78, 5) is 1.11. The minimum Gasteiger partial charge on any atom is -0.496 e. The zero-order valence-corrected chi connectivity index (χ0v) is 11.3. The molecular formula is C9H9Br2NOS. The van der Waals surface area contributed by atoms with Crippen LogP contribution >= 0.6 is 43.2 Å². The minimum absolute atomic E-state index is 0.120. The molecule has 2 rings (SSSR count). The number of halogens is 2. The molecule has 76 valence electrons. The van der Waals surface area contributed by atoms with Gasteiger partial charge in [0.2, 0.25) is 0 Å². The lowest BCUT2D eigenvalue weighted by atomic mass is 10.2. The summed E-state index contributed by atoms with van der Waals surface area (Å²) >= 11 is 8.52. The van der Waals surface area contributed by atoms with Gasteiger partial charge in [0.1, 0.15) is 5.76 Å². The Kier molecular flexibility index (Phi) is 3.31. The molecule has 1 aliphatic heterocycles. The van der Waals surface area contributed by atoms with Gasteiger partial charge in [-0.05, 0) is 44.0 Å². The van der Waals surface area contributed by atoms with E-state index >= 15 is 0 Å². The Balaban J connectivity index is 2.22. The minimum atomic E-state index is -0.120. The molecule has 0 bridgehead atoms. The molecule has 0 aliphatic carbocycles. The highest BCUT2D eigenvalue weighted by Crippen LogP contribution is 2.37. The predicted molar refractivity (Wildman–Crippen MR) is 65.3 cm³/mol. The van der Waals surface area contributed by atoms with Crippen molar-refractivity contribution in [2.75, 3.05) is 6.61 Å². The van der Waals surface area contributed by atoms with E-state index in [0.717, 1.165) is 31.9 Å². The molecule has 1 unspecified atom stereocenters. The lowest BCUT2D eigenvalue weighted by Crippen LogP contribution is -2.11. The summed E-state index contributed by atoms with van der Waals surface area (Å²) in [5.74, 6) is 0.895. The van der Waals surface area contributed by atoms with Crippen LogP contribution in [-0.4, -0.2) is 6.61 Å². The smallest absolute Gasteiger partial charge is 0.114 e. The summed E-state index contributed by atoms with van der Waals surface area (Å²) < 4.78 is 7.55. The average Bonchev–Trinajstić information content (AvgIpc) is 2.76. The number of thiophene rings is 1. The van der Waals surface area contributed by atoms with E-state index in [1.807, 2.05) is 6.07 Å². The number of hydrogen-bond donors (Lipinski definition) is 1. The van der Waals surface area contributed by atoms with Crippen LogP contribution in [0.2, 0.25) is 0 Å². The van der Waals surface area contributed by atoms with Gasteiger partial charge >= 0.3 is 0 Å². The summed E-state index contributed by atoms with van der Waals surface area (Å²) in [6.07, 6.45) is 3.03. The van der Waals surface area contributed by atoms with Gasteiger partial charge in [0, 0.05) is 15.8 Å². The van der Waals surface area contributed by atoms with Gasteiger partial charge in [0.15, 0.2) is 0 Å². The molecule has 1 atom stereocenters. The fourth-order valence-corrected chi connectivity index (χ4v) is 3.41. The van der Waals surface area contributed by atoms with Crippen molar-refractivity contribution in [3.05, 3.63) is 31.0 Å². The number of rotatable bonds is 2. The van der Waals surface area contributed by atoms with E-state index in [2.05, 4.69) is 37.9 Å². The molecule has 2 N–H and O–H groups in total. The van der Waals surface area contributed by atoms with Gasteiger partial charge < -0.3 is 10.5 Å². The fraction of sp³-hybridized carbons (Fsp3) is 0.333. The normalized spacial score (nSPS) is 17.8. The van der Waals surface area contributed by atoms with Gasteiger partial charge in [0.05, 0.1) is 16.4 Å². The third-order valence-electron chi connectivity index (χ3n) is 2.01. The molecule has 5 heteroatoms. The Bertz CT molecular complexity index is 355. The highest BCUT2D eigenvalue weighted by atomic mass is 79.9. The van der Waals surface area contributed by atoms with E-state index in [1.54, 1.807) is 11.3 Å². The molecule has 1 aliphatic rings. The first kappa shape index (κ1) is 10.7. The molecule has 0 amide bonds. The van der Waals surface area contributed by atoms with Crippen molar-refractivity contribution in [2.24, 2.45) is 5.73 Å². The van der Waals surface area contributed by atoms with Crippen LogP contribution in [0, 0.1) is 0 Å². The van der Waals surface area contributed by atoms with Crippen LogP contribution in [0.25, 0.3) is 0 Å². The van der Waals surface area contributed by atoms with Gasteiger partial charge in [-0.1, -0.05) is 0 Å². The first-order chi connectivity index (χ1) is 6.68. The van der Waals surface area contributed by atoms with E-state index in [1.165, 1.54) is 0 Å². The van der Waals surface area contributed by atoms with Crippen molar-refractivity contribution >= 4 is 43.2 Å². The van der Waals surface area contributed by atoms with E-state index in [9.17, 15) is 0 Å². The average molecular weight is 339 g/mol. The molecule has 0 aromatic carbocycles. The van der Waals surface area contributed by atoms with E-state index in [-0.39, 0.29) is 6.04 Å². The molecular weight excluding hydrogens is 330 g/mol. The molecule has 1 aromatic heterocycles. The summed E-state index contributed by atoms with van der Waals surface area (Å²) in [5, 5.41) is 0. The molecule has 1 aromatic rings. The summed E-state index contributed by atoms with van der Waals surface area (Å²) in [6.45, 7) is 0.761. The SMILES string of the molecule is NC(C1=CCCO1)c1cc(Br)c(Br)s1. The standard InChI is InChI=1S/C9H9Br2NOS/c10-5-4-7(14-9(5)11)8(12)6-2-1-3-13-6/h2,4,8H,1,3,12H2. The van der Waals surface area contributed by atoms with Gasteiger partial charge in [-0.3, -0.25) is 0 Å². The maximum Gasteiger partial charge on any atom is 0.114 e. The Hall–Kier alpha value is 0.160. The van der Waals surface area contributed by atoms with Crippen molar-refractivity contribution in [2.45, 2.75) is 12.5 Å². The van der Waals surface area contributed by atoms with Gasteiger partial charge in [-0.15, -0.1) is 11.3 Å². The lowest BCUT2D eigenvalue weighted by molar-refractivity contribution is 0.226. The Labute approximate surface area is 103 Å². The lowest BCUT2D eigenvalue weighted by Gasteiger charge is -2.10. The van der Waals surface area contributed by atoms with Gasteiger partial charge in [0.25, 0.3) is 0 Å². The number of ether oxygens (including phenoxy) is 1. The van der Waals surface area contributed by atoms with Crippen molar-refractivity contribution < 1.29 is 4.74 Å². The number of nitrogens with two attached hydrogens (primary N) is 1. The molecule has 0 saturated heterocycles. The monoisotopic (exact) mass is 337 g/mol.